The summed E-state index contributed by atoms with van der Waals surface area (Å²) in [7, 11) is -4.21. The first kappa shape index (κ1) is 31.0. The highest BCUT2D eigenvalue weighted by atomic mass is 35.5. The number of anilines is 1. The second-order valence-electron chi connectivity index (χ2n) is 9.68. The van der Waals surface area contributed by atoms with Crippen LogP contribution in [0.3, 0.4) is 0 Å². The summed E-state index contributed by atoms with van der Waals surface area (Å²) in [5, 5.41) is 3.27. The molecule has 0 heterocycles. The van der Waals surface area contributed by atoms with Gasteiger partial charge in [0, 0.05) is 17.6 Å². The van der Waals surface area contributed by atoms with Crippen LogP contribution in [0.5, 0.6) is 5.75 Å². The largest absolute Gasteiger partial charge is 0.492 e. The van der Waals surface area contributed by atoms with Crippen molar-refractivity contribution in [3.8, 4) is 5.75 Å². The summed E-state index contributed by atoms with van der Waals surface area (Å²) in [5.74, 6) is -0.622. The molecule has 0 radical (unpaired) electrons. The van der Waals surface area contributed by atoms with Crippen molar-refractivity contribution in [1.82, 2.24) is 10.2 Å². The topological polar surface area (TPSA) is 96.0 Å². The van der Waals surface area contributed by atoms with Crippen LogP contribution in [0.4, 0.5) is 5.69 Å². The van der Waals surface area contributed by atoms with E-state index in [1.165, 1.54) is 17.0 Å². The third-order valence-electron chi connectivity index (χ3n) is 6.22. The van der Waals surface area contributed by atoms with Crippen LogP contribution < -0.4 is 14.4 Å². The molecule has 0 aliphatic rings. The molecule has 8 nitrogen and oxygen atoms in total. The van der Waals surface area contributed by atoms with Crippen LogP contribution in [-0.4, -0.2) is 50.4 Å². The van der Waals surface area contributed by atoms with Crippen molar-refractivity contribution >= 4 is 39.1 Å². The molecule has 0 aliphatic heterocycles. The number of amides is 2. The van der Waals surface area contributed by atoms with Gasteiger partial charge in [0.25, 0.3) is 10.0 Å². The molecule has 0 aromatic heterocycles. The van der Waals surface area contributed by atoms with Gasteiger partial charge in [-0.15, -0.1) is 0 Å². The fourth-order valence-electron chi connectivity index (χ4n) is 4.09. The number of hydrogen-bond acceptors (Lipinski definition) is 5. The Hall–Kier alpha value is -3.56. The van der Waals surface area contributed by atoms with E-state index in [9.17, 15) is 18.0 Å². The number of nitrogens with zero attached hydrogens (tertiary/aromatic N) is 2. The van der Waals surface area contributed by atoms with Crippen LogP contribution in [0.25, 0.3) is 0 Å². The van der Waals surface area contributed by atoms with Crippen LogP contribution in [0.1, 0.15) is 38.8 Å². The lowest BCUT2D eigenvalue weighted by molar-refractivity contribution is -0.139. The van der Waals surface area contributed by atoms with Gasteiger partial charge in [0.05, 0.1) is 17.2 Å². The molecule has 0 unspecified atom stereocenters. The Morgan fingerprint density at radius 2 is 1.57 bits per heavy atom. The highest BCUT2D eigenvalue weighted by Gasteiger charge is 2.34. The normalized spacial score (nSPS) is 12.1. The van der Waals surface area contributed by atoms with Gasteiger partial charge in [0.15, 0.2) is 0 Å². The Balaban J connectivity index is 2.09. The number of benzene rings is 3. The van der Waals surface area contributed by atoms with Gasteiger partial charge in [0.1, 0.15) is 18.3 Å². The summed E-state index contributed by atoms with van der Waals surface area (Å²) < 4.78 is 34.8. The number of nitrogens with one attached hydrogen (secondary N) is 1. The van der Waals surface area contributed by atoms with E-state index in [1.807, 2.05) is 20.8 Å². The maximum absolute atomic E-state index is 14.0. The van der Waals surface area contributed by atoms with Gasteiger partial charge in [-0.3, -0.25) is 13.9 Å². The number of halogens is 1. The van der Waals surface area contributed by atoms with Gasteiger partial charge in [-0.2, -0.15) is 0 Å². The Morgan fingerprint density at radius 1 is 0.950 bits per heavy atom. The van der Waals surface area contributed by atoms with Crippen molar-refractivity contribution in [2.45, 2.75) is 58.1 Å². The minimum atomic E-state index is -4.21. The summed E-state index contributed by atoms with van der Waals surface area (Å²) in [4.78, 5) is 28.4. The van der Waals surface area contributed by atoms with Crippen molar-refractivity contribution in [2.24, 2.45) is 0 Å². The lowest BCUT2D eigenvalue weighted by Crippen LogP contribution is -2.52. The molecule has 40 heavy (non-hydrogen) atoms. The van der Waals surface area contributed by atoms with E-state index in [2.05, 4.69) is 5.32 Å². The number of para-hydroxylation sites is 2. The zero-order valence-corrected chi connectivity index (χ0v) is 25.0. The monoisotopic (exact) mass is 585 g/mol. The van der Waals surface area contributed by atoms with Gasteiger partial charge >= 0.3 is 0 Å². The maximum Gasteiger partial charge on any atom is 0.264 e. The lowest BCUT2D eigenvalue weighted by atomic mass is 10.1. The maximum atomic E-state index is 14.0. The van der Waals surface area contributed by atoms with Crippen LogP contribution in [0.2, 0.25) is 5.02 Å². The SMILES string of the molecule is CCOc1ccccc1N(CC(=O)N(Cc1ccccc1Cl)[C@H](C)C(=O)NC(C)C)S(=O)(=O)c1ccc(C)cc1. The number of carbonyl (C=O) groups excluding carboxylic acids is 2. The fraction of sp³-hybridized carbons (Fsp3) is 0.333. The van der Waals surface area contributed by atoms with E-state index in [0.29, 0.717) is 22.9 Å². The minimum Gasteiger partial charge on any atom is -0.492 e. The first-order chi connectivity index (χ1) is 18.9. The van der Waals surface area contributed by atoms with E-state index in [1.54, 1.807) is 74.5 Å². The Kier molecular flexibility index (Phi) is 10.6. The number of rotatable bonds is 12. The van der Waals surface area contributed by atoms with Crippen LogP contribution in [0, 0.1) is 6.92 Å². The summed E-state index contributed by atoms with van der Waals surface area (Å²) in [6.45, 7) is 8.66. The third kappa shape index (κ3) is 7.55. The minimum absolute atomic E-state index is 0.0106. The van der Waals surface area contributed by atoms with Gasteiger partial charge in [-0.25, -0.2) is 8.42 Å². The zero-order valence-electron chi connectivity index (χ0n) is 23.4. The molecule has 1 atom stereocenters. The molecule has 3 aromatic carbocycles. The summed E-state index contributed by atoms with van der Waals surface area (Å²) in [6.07, 6.45) is 0. The Labute approximate surface area is 241 Å². The van der Waals surface area contributed by atoms with E-state index < -0.39 is 28.5 Å². The number of ether oxygens (including phenoxy) is 1. The predicted molar refractivity (Wildman–Crippen MR) is 158 cm³/mol. The fourth-order valence-corrected chi connectivity index (χ4v) is 5.71. The molecule has 3 aromatic rings. The second-order valence-corrected chi connectivity index (χ2v) is 11.9. The average molecular weight is 586 g/mol. The van der Waals surface area contributed by atoms with E-state index in [0.717, 1.165) is 9.87 Å². The smallest absolute Gasteiger partial charge is 0.264 e. The van der Waals surface area contributed by atoms with Crippen molar-refractivity contribution in [2.75, 3.05) is 17.5 Å². The summed E-state index contributed by atoms with van der Waals surface area (Å²) in [5.41, 5.74) is 1.74. The van der Waals surface area contributed by atoms with Gasteiger partial charge in [0.2, 0.25) is 11.8 Å². The molecule has 214 valence electrons. The van der Waals surface area contributed by atoms with E-state index >= 15 is 0 Å². The highest BCUT2D eigenvalue weighted by molar-refractivity contribution is 7.92. The molecular formula is C30H36ClN3O5S. The molecule has 2 amide bonds. The first-order valence-corrected chi connectivity index (χ1v) is 14.9. The van der Waals surface area contributed by atoms with Crippen molar-refractivity contribution in [3.63, 3.8) is 0 Å². The standard InChI is InChI=1S/C30H36ClN3O5S/c1-6-39-28-14-10-9-13-27(28)34(40(37,38)25-17-15-22(4)16-18-25)20-29(35)33(23(5)30(36)32-21(2)3)19-24-11-7-8-12-26(24)31/h7-18,21,23H,6,19-20H2,1-5H3,(H,32,36)/t23-/m1/s1. The second kappa shape index (κ2) is 13.7. The number of hydrogen-bond donors (Lipinski definition) is 1. The van der Waals surface area contributed by atoms with Gasteiger partial charge in [-0.05, 0) is 70.5 Å². The Bertz CT molecular complexity index is 1430. The molecule has 0 bridgehead atoms. The summed E-state index contributed by atoms with van der Waals surface area (Å²) >= 11 is 6.40. The number of sulfonamides is 1. The van der Waals surface area contributed by atoms with Gasteiger partial charge in [-0.1, -0.05) is 59.6 Å². The molecular weight excluding hydrogens is 550 g/mol. The van der Waals surface area contributed by atoms with Crippen molar-refractivity contribution in [3.05, 3.63) is 88.9 Å². The van der Waals surface area contributed by atoms with Gasteiger partial charge < -0.3 is 15.0 Å². The zero-order chi connectivity index (χ0) is 29.4. The number of aryl methyl sites for hydroxylation is 1. The number of carbonyl (C=O) groups is 2. The van der Waals surface area contributed by atoms with E-state index in [-0.39, 0.29) is 29.1 Å². The predicted octanol–water partition coefficient (Wildman–Crippen LogP) is 5.18. The van der Waals surface area contributed by atoms with Crippen LogP contribution in [0.15, 0.2) is 77.7 Å². The molecule has 0 spiro atoms. The van der Waals surface area contributed by atoms with Crippen molar-refractivity contribution in [1.29, 1.82) is 0 Å². The van der Waals surface area contributed by atoms with Crippen molar-refractivity contribution < 1.29 is 22.7 Å². The highest BCUT2D eigenvalue weighted by Crippen LogP contribution is 2.33. The molecule has 3 rings (SSSR count). The average Bonchev–Trinajstić information content (AvgIpc) is 2.91. The van der Waals surface area contributed by atoms with Crippen LogP contribution in [-0.2, 0) is 26.2 Å². The molecule has 0 saturated carbocycles. The lowest BCUT2D eigenvalue weighted by Gasteiger charge is -2.33. The molecule has 0 aliphatic carbocycles. The Morgan fingerprint density at radius 3 is 2.20 bits per heavy atom. The molecule has 1 N–H and O–H groups in total. The molecule has 0 fully saturated rings. The molecule has 0 saturated heterocycles. The molecule has 10 heteroatoms. The summed E-state index contributed by atoms with van der Waals surface area (Å²) in [6, 6.07) is 19.0. The third-order valence-corrected chi connectivity index (χ3v) is 8.36. The quantitative estimate of drug-likeness (QED) is 0.316. The van der Waals surface area contributed by atoms with E-state index in [4.69, 9.17) is 16.3 Å². The van der Waals surface area contributed by atoms with Crippen LogP contribution >= 0.6 is 11.6 Å². The first-order valence-electron chi connectivity index (χ1n) is 13.1.